The zero-order valence-electron chi connectivity index (χ0n) is 14.8. The maximum Gasteiger partial charge on any atom is 0.225 e. The summed E-state index contributed by atoms with van der Waals surface area (Å²) in [5, 5.41) is 0. The van der Waals surface area contributed by atoms with Crippen molar-refractivity contribution in [3.63, 3.8) is 0 Å². The number of carbonyl (C=O) groups excluding carboxylic acids is 1. The Labute approximate surface area is 143 Å². The Bertz CT molecular complexity index is 759. The van der Waals surface area contributed by atoms with Crippen molar-refractivity contribution in [3.05, 3.63) is 47.3 Å². The van der Waals surface area contributed by atoms with E-state index in [1.165, 1.54) is 11.3 Å². The number of nitrogens with zero attached hydrogens (tertiary/aromatic N) is 4. The number of aromatic nitrogens is 2. The highest BCUT2D eigenvalue weighted by atomic mass is 16.1. The number of Topliss-reactive ketones (excluding diaryl/α,β-unsaturated/α-hetero) is 1. The Hall–Kier alpha value is -2.43. The molecule has 24 heavy (non-hydrogen) atoms. The number of piperazine rings is 1. The first-order valence-electron chi connectivity index (χ1n) is 8.39. The highest BCUT2D eigenvalue weighted by Gasteiger charge is 2.26. The van der Waals surface area contributed by atoms with Gasteiger partial charge in [0.25, 0.3) is 0 Å². The molecule has 0 bridgehead atoms. The topological polar surface area (TPSA) is 49.3 Å². The van der Waals surface area contributed by atoms with Crippen molar-refractivity contribution in [2.75, 3.05) is 29.4 Å². The third-order valence-electron chi connectivity index (χ3n) is 4.69. The molecule has 126 valence electrons. The molecule has 2 heterocycles. The van der Waals surface area contributed by atoms with E-state index >= 15 is 0 Å². The summed E-state index contributed by atoms with van der Waals surface area (Å²) in [5.74, 6) is 0.728. The Morgan fingerprint density at radius 3 is 2.58 bits per heavy atom. The average molecular weight is 324 g/mol. The fourth-order valence-corrected chi connectivity index (χ4v) is 3.33. The van der Waals surface area contributed by atoms with Crippen LogP contribution in [0.1, 0.15) is 35.5 Å². The van der Waals surface area contributed by atoms with E-state index in [0.717, 1.165) is 31.3 Å². The van der Waals surface area contributed by atoms with Crippen LogP contribution in [0.5, 0.6) is 0 Å². The summed E-state index contributed by atoms with van der Waals surface area (Å²) in [4.78, 5) is 25.2. The lowest BCUT2D eigenvalue weighted by atomic mass is 10.1. The molecule has 0 amide bonds. The fraction of sp³-hybridized carbons (Fsp3) is 0.421. The normalized spacial score (nSPS) is 17.9. The van der Waals surface area contributed by atoms with Gasteiger partial charge in [0, 0.05) is 37.6 Å². The van der Waals surface area contributed by atoms with Crippen molar-refractivity contribution >= 4 is 17.4 Å². The first-order valence-corrected chi connectivity index (χ1v) is 8.39. The average Bonchev–Trinajstić information content (AvgIpc) is 2.54. The molecule has 1 atom stereocenters. The van der Waals surface area contributed by atoms with Gasteiger partial charge >= 0.3 is 0 Å². The predicted octanol–water partition coefficient (Wildman–Crippen LogP) is 3.01. The Balaban J connectivity index is 1.78. The van der Waals surface area contributed by atoms with Crippen LogP contribution in [0, 0.1) is 13.8 Å². The van der Waals surface area contributed by atoms with Gasteiger partial charge in [0.15, 0.2) is 5.78 Å². The first-order chi connectivity index (χ1) is 11.5. The SMILES string of the molecule is CC(=O)c1cnc(N2CCN(c3ccccc3C)CC2C)nc1C. The summed E-state index contributed by atoms with van der Waals surface area (Å²) in [5.41, 5.74) is 3.95. The summed E-state index contributed by atoms with van der Waals surface area (Å²) >= 11 is 0. The minimum absolute atomic E-state index is 0.0106. The maximum atomic E-state index is 11.5. The zero-order chi connectivity index (χ0) is 17.3. The molecule has 0 saturated carbocycles. The quantitative estimate of drug-likeness (QED) is 0.812. The van der Waals surface area contributed by atoms with Gasteiger partial charge in [0.05, 0.1) is 11.3 Å². The van der Waals surface area contributed by atoms with Crippen LogP contribution in [0.2, 0.25) is 0 Å². The number of ketones is 1. The van der Waals surface area contributed by atoms with E-state index in [0.29, 0.717) is 11.6 Å². The van der Waals surface area contributed by atoms with Gasteiger partial charge in [0.2, 0.25) is 5.95 Å². The van der Waals surface area contributed by atoms with Gasteiger partial charge in [-0.1, -0.05) is 18.2 Å². The lowest BCUT2D eigenvalue weighted by Gasteiger charge is -2.41. The van der Waals surface area contributed by atoms with Crippen LogP contribution in [0.15, 0.2) is 30.5 Å². The van der Waals surface area contributed by atoms with Crippen molar-refractivity contribution in [2.45, 2.75) is 33.7 Å². The van der Waals surface area contributed by atoms with Gasteiger partial charge in [-0.15, -0.1) is 0 Å². The standard InChI is InChI=1S/C19H24N4O/c1-13-7-5-6-8-18(13)22-9-10-23(14(2)12-22)19-20-11-17(16(4)24)15(3)21-19/h5-8,11,14H,9-10,12H2,1-4H3. The Kier molecular flexibility index (Phi) is 4.51. The fourth-order valence-electron chi connectivity index (χ4n) is 3.33. The highest BCUT2D eigenvalue weighted by molar-refractivity contribution is 5.94. The smallest absolute Gasteiger partial charge is 0.225 e. The third kappa shape index (κ3) is 3.11. The van der Waals surface area contributed by atoms with Crippen LogP contribution >= 0.6 is 0 Å². The summed E-state index contributed by atoms with van der Waals surface area (Å²) in [6.45, 7) is 10.5. The third-order valence-corrected chi connectivity index (χ3v) is 4.69. The monoisotopic (exact) mass is 324 g/mol. The van der Waals surface area contributed by atoms with E-state index in [1.54, 1.807) is 13.1 Å². The molecule has 5 nitrogen and oxygen atoms in total. The number of carbonyl (C=O) groups is 1. The molecule has 0 radical (unpaired) electrons. The minimum Gasteiger partial charge on any atom is -0.367 e. The van der Waals surface area contributed by atoms with E-state index in [9.17, 15) is 4.79 Å². The van der Waals surface area contributed by atoms with E-state index in [1.807, 2.05) is 6.92 Å². The molecule has 0 N–H and O–H groups in total. The number of anilines is 2. The summed E-state index contributed by atoms with van der Waals surface area (Å²) in [7, 11) is 0. The molecule has 1 unspecified atom stereocenters. The van der Waals surface area contributed by atoms with Crippen LogP contribution < -0.4 is 9.80 Å². The van der Waals surface area contributed by atoms with Gasteiger partial charge in [-0.05, 0) is 39.3 Å². The van der Waals surface area contributed by atoms with Gasteiger partial charge in [0.1, 0.15) is 0 Å². The van der Waals surface area contributed by atoms with Crippen molar-refractivity contribution in [3.8, 4) is 0 Å². The number of aryl methyl sites for hydroxylation is 2. The molecule has 1 aromatic heterocycles. The molecular formula is C19H24N4O. The molecule has 1 saturated heterocycles. The predicted molar refractivity (Wildman–Crippen MR) is 97.0 cm³/mol. The number of benzene rings is 1. The minimum atomic E-state index is 0.0106. The van der Waals surface area contributed by atoms with Crippen LogP contribution in [0.4, 0.5) is 11.6 Å². The largest absolute Gasteiger partial charge is 0.367 e. The van der Waals surface area contributed by atoms with Gasteiger partial charge in [-0.3, -0.25) is 4.79 Å². The lowest BCUT2D eigenvalue weighted by molar-refractivity contribution is 0.101. The van der Waals surface area contributed by atoms with Crippen molar-refractivity contribution in [2.24, 2.45) is 0 Å². The highest BCUT2D eigenvalue weighted by Crippen LogP contribution is 2.24. The molecule has 1 aromatic carbocycles. The lowest BCUT2D eigenvalue weighted by Crippen LogP contribution is -2.53. The second kappa shape index (κ2) is 6.59. The molecule has 1 aliphatic rings. The van der Waals surface area contributed by atoms with Gasteiger partial charge < -0.3 is 9.80 Å². The molecule has 2 aromatic rings. The van der Waals surface area contributed by atoms with Gasteiger partial charge in [-0.25, -0.2) is 9.97 Å². The van der Waals surface area contributed by atoms with Crippen LogP contribution in [0.25, 0.3) is 0 Å². The van der Waals surface area contributed by atoms with E-state index < -0.39 is 0 Å². The van der Waals surface area contributed by atoms with Crippen molar-refractivity contribution < 1.29 is 4.79 Å². The first kappa shape index (κ1) is 16.4. The summed E-state index contributed by atoms with van der Waals surface area (Å²) in [6, 6.07) is 8.80. The molecule has 1 aliphatic heterocycles. The van der Waals surface area contributed by atoms with Crippen LogP contribution in [-0.4, -0.2) is 41.4 Å². The Morgan fingerprint density at radius 2 is 1.96 bits per heavy atom. The van der Waals surface area contributed by atoms with E-state index in [2.05, 4.69) is 57.9 Å². The second-order valence-corrected chi connectivity index (χ2v) is 6.50. The van der Waals surface area contributed by atoms with Gasteiger partial charge in [-0.2, -0.15) is 0 Å². The zero-order valence-corrected chi connectivity index (χ0v) is 14.8. The van der Waals surface area contributed by atoms with Crippen molar-refractivity contribution in [1.29, 1.82) is 0 Å². The molecule has 3 rings (SSSR count). The van der Waals surface area contributed by atoms with Crippen molar-refractivity contribution in [1.82, 2.24) is 9.97 Å². The molecule has 5 heteroatoms. The Morgan fingerprint density at radius 1 is 1.21 bits per heavy atom. The molecular weight excluding hydrogens is 300 g/mol. The van der Waals surface area contributed by atoms with Crippen LogP contribution in [0.3, 0.4) is 0 Å². The van der Waals surface area contributed by atoms with E-state index in [-0.39, 0.29) is 5.78 Å². The number of hydrogen-bond donors (Lipinski definition) is 0. The number of hydrogen-bond acceptors (Lipinski definition) is 5. The van der Waals surface area contributed by atoms with E-state index in [4.69, 9.17) is 0 Å². The second-order valence-electron chi connectivity index (χ2n) is 6.50. The van der Waals surface area contributed by atoms with Crippen LogP contribution in [-0.2, 0) is 0 Å². The molecule has 0 spiro atoms. The number of para-hydroxylation sites is 1. The maximum absolute atomic E-state index is 11.5. The molecule has 1 fully saturated rings. The summed E-state index contributed by atoms with van der Waals surface area (Å²) in [6.07, 6.45) is 1.65. The molecule has 0 aliphatic carbocycles. The summed E-state index contributed by atoms with van der Waals surface area (Å²) < 4.78 is 0. The number of rotatable bonds is 3.